The van der Waals surface area contributed by atoms with Crippen molar-refractivity contribution in [2.45, 2.75) is 12.3 Å². The van der Waals surface area contributed by atoms with Crippen molar-refractivity contribution in [2.24, 2.45) is 5.73 Å². The van der Waals surface area contributed by atoms with Gasteiger partial charge >= 0.3 is 6.18 Å². The van der Waals surface area contributed by atoms with Gasteiger partial charge in [0, 0.05) is 11.6 Å². The fourth-order valence-electron chi connectivity index (χ4n) is 1.17. The highest BCUT2D eigenvalue weighted by Crippen LogP contribution is 2.36. The van der Waals surface area contributed by atoms with Crippen molar-refractivity contribution < 1.29 is 17.6 Å². The van der Waals surface area contributed by atoms with Crippen LogP contribution in [0.1, 0.15) is 17.3 Å². The van der Waals surface area contributed by atoms with Crippen LogP contribution in [0.5, 0.6) is 0 Å². The Hall–Kier alpha value is -0.810. The fraction of sp³-hybridized carbons (Fsp3) is 0.333. The highest BCUT2D eigenvalue weighted by molar-refractivity contribution is 6.30. The smallest absolute Gasteiger partial charge is 0.327 e. The number of rotatable bonds is 2. The van der Waals surface area contributed by atoms with Crippen molar-refractivity contribution >= 4 is 11.6 Å². The van der Waals surface area contributed by atoms with Crippen molar-refractivity contribution in [2.75, 3.05) is 6.54 Å². The van der Waals surface area contributed by atoms with Crippen LogP contribution in [0, 0.1) is 0 Å². The molecule has 0 fully saturated rings. The van der Waals surface area contributed by atoms with Crippen LogP contribution in [0.25, 0.3) is 0 Å². The van der Waals surface area contributed by atoms with E-state index in [1.165, 1.54) is 6.07 Å². The summed E-state index contributed by atoms with van der Waals surface area (Å²) in [5.74, 6) is 0. The van der Waals surface area contributed by atoms with E-state index in [1.807, 2.05) is 0 Å². The minimum absolute atomic E-state index is 0.0877. The third kappa shape index (κ3) is 2.82. The minimum atomic E-state index is -4.63. The largest absolute Gasteiger partial charge is 0.416 e. The molecule has 0 saturated carbocycles. The zero-order valence-electron chi connectivity index (χ0n) is 7.48. The van der Waals surface area contributed by atoms with Crippen LogP contribution in [0.3, 0.4) is 0 Å². The van der Waals surface area contributed by atoms with E-state index in [1.54, 1.807) is 0 Å². The van der Waals surface area contributed by atoms with E-state index in [-0.39, 0.29) is 5.02 Å². The lowest BCUT2D eigenvalue weighted by molar-refractivity contribution is -0.138. The molecule has 2 N–H and O–H groups in total. The molecule has 0 bridgehead atoms. The topological polar surface area (TPSA) is 26.0 Å². The third-order valence-electron chi connectivity index (χ3n) is 1.87. The molecule has 0 heterocycles. The molecule has 0 spiro atoms. The third-order valence-corrected chi connectivity index (χ3v) is 2.10. The maximum absolute atomic E-state index is 13.1. The van der Waals surface area contributed by atoms with Crippen LogP contribution in [-0.4, -0.2) is 6.54 Å². The zero-order chi connectivity index (χ0) is 11.6. The Morgan fingerprint density at radius 2 is 1.93 bits per heavy atom. The predicted octanol–water partition coefficient (Wildman–Crippen LogP) is 3.33. The van der Waals surface area contributed by atoms with Crippen molar-refractivity contribution in [3.63, 3.8) is 0 Å². The maximum atomic E-state index is 13.1. The van der Waals surface area contributed by atoms with Crippen LogP contribution < -0.4 is 5.73 Å². The van der Waals surface area contributed by atoms with Crippen LogP contribution in [-0.2, 0) is 6.18 Å². The normalized spacial score (nSPS) is 14.0. The number of hydrogen-bond acceptors (Lipinski definition) is 1. The summed E-state index contributed by atoms with van der Waals surface area (Å²) >= 11 is 5.42. The molecule has 1 atom stereocenters. The van der Waals surface area contributed by atoms with E-state index >= 15 is 0 Å². The number of hydrogen-bond donors (Lipinski definition) is 1. The Morgan fingerprint density at radius 3 is 2.40 bits per heavy atom. The molecular weight excluding hydrogens is 234 g/mol. The summed E-state index contributed by atoms with van der Waals surface area (Å²) in [6.07, 6.45) is -6.46. The molecule has 15 heavy (non-hydrogen) atoms. The monoisotopic (exact) mass is 241 g/mol. The van der Waals surface area contributed by atoms with Gasteiger partial charge in [0.15, 0.2) is 0 Å². The van der Waals surface area contributed by atoms with E-state index in [0.717, 1.165) is 6.07 Å². The summed E-state index contributed by atoms with van der Waals surface area (Å²) in [5.41, 5.74) is 3.43. The summed E-state index contributed by atoms with van der Waals surface area (Å²) < 4.78 is 50.5. The quantitative estimate of drug-likeness (QED) is 0.790. The van der Waals surface area contributed by atoms with Crippen molar-refractivity contribution in [3.8, 4) is 0 Å². The minimum Gasteiger partial charge on any atom is -0.327 e. The van der Waals surface area contributed by atoms with Crippen LogP contribution in [0.15, 0.2) is 18.2 Å². The van der Waals surface area contributed by atoms with Gasteiger partial charge in [0.05, 0.1) is 5.56 Å². The van der Waals surface area contributed by atoms with E-state index in [0.29, 0.717) is 6.07 Å². The van der Waals surface area contributed by atoms with Crippen molar-refractivity contribution in [1.29, 1.82) is 0 Å². The Morgan fingerprint density at radius 1 is 1.33 bits per heavy atom. The van der Waals surface area contributed by atoms with Crippen molar-refractivity contribution in [1.82, 2.24) is 0 Å². The van der Waals surface area contributed by atoms with Gasteiger partial charge in [-0.15, -0.1) is 0 Å². The second-order valence-corrected chi connectivity index (χ2v) is 3.37. The number of alkyl halides is 4. The van der Waals surface area contributed by atoms with Crippen LogP contribution in [0.2, 0.25) is 5.02 Å². The molecule has 0 aliphatic heterocycles. The van der Waals surface area contributed by atoms with Gasteiger partial charge in [-0.05, 0) is 17.7 Å². The van der Waals surface area contributed by atoms with E-state index in [4.69, 9.17) is 17.3 Å². The first-order valence-electron chi connectivity index (χ1n) is 4.07. The Labute approximate surface area is 88.8 Å². The molecule has 1 aromatic carbocycles. The molecule has 0 aromatic heterocycles. The van der Waals surface area contributed by atoms with Crippen LogP contribution in [0.4, 0.5) is 17.6 Å². The highest BCUT2D eigenvalue weighted by atomic mass is 35.5. The SMILES string of the molecule is NCC(F)c1ccc(Cl)cc1C(F)(F)F. The lowest BCUT2D eigenvalue weighted by atomic mass is 10.0. The predicted molar refractivity (Wildman–Crippen MR) is 49.4 cm³/mol. The summed E-state index contributed by atoms with van der Waals surface area (Å²) in [6.45, 7) is -0.495. The molecule has 0 aliphatic carbocycles. The molecule has 0 aliphatic rings. The van der Waals surface area contributed by atoms with Gasteiger partial charge in [0.25, 0.3) is 0 Å². The second-order valence-electron chi connectivity index (χ2n) is 2.93. The molecule has 84 valence electrons. The summed E-state index contributed by atoms with van der Waals surface area (Å²) in [5, 5.41) is -0.0877. The van der Waals surface area contributed by atoms with Gasteiger partial charge < -0.3 is 5.73 Å². The standard InChI is InChI=1S/C9H8ClF4N/c10-5-1-2-6(8(11)4-15)7(3-5)9(12,13)14/h1-3,8H,4,15H2. The van der Waals surface area contributed by atoms with Gasteiger partial charge in [0.1, 0.15) is 6.17 Å². The first-order chi connectivity index (χ1) is 6.86. The lowest BCUT2D eigenvalue weighted by Crippen LogP contribution is -2.15. The number of halogens is 5. The molecule has 6 heteroatoms. The molecule has 1 rings (SSSR count). The highest BCUT2D eigenvalue weighted by Gasteiger charge is 2.35. The van der Waals surface area contributed by atoms with Gasteiger partial charge in [-0.3, -0.25) is 0 Å². The molecule has 0 radical (unpaired) electrons. The molecular formula is C9H8ClF4N. The summed E-state index contributed by atoms with van der Waals surface area (Å²) in [4.78, 5) is 0. The Bertz CT molecular complexity index is 350. The number of benzene rings is 1. The zero-order valence-corrected chi connectivity index (χ0v) is 8.24. The van der Waals surface area contributed by atoms with Gasteiger partial charge in [-0.1, -0.05) is 17.7 Å². The number of nitrogens with two attached hydrogens (primary N) is 1. The first-order valence-corrected chi connectivity index (χ1v) is 4.45. The molecule has 1 nitrogen and oxygen atoms in total. The summed E-state index contributed by atoms with van der Waals surface area (Å²) in [6, 6.07) is 2.90. The van der Waals surface area contributed by atoms with Gasteiger partial charge in [-0.25, -0.2) is 4.39 Å². The molecule has 0 saturated heterocycles. The van der Waals surface area contributed by atoms with Crippen LogP contribution >= 0.6 is 11.6 Å². The van der Waals surface area contributed by atoms with E-state index in [9.17, 15) is 17.6 Å². The molecule has 1 unspecified atom stereocenters. The van der Waals surface area contributed by atoms with Gasteiger partial charge in [-0.2, -0.15) is 13.2 Å². The van der Waals surface area contributed by atoms with Crippen molar-refractivity contribution in [3.05, 3.63) is 34.3 Å². The lowest BCUT2D eigenvalue weighted by Gasteiger charge is -2.15. The average Bonchev–Trinajstić information content (AvgIpc) is 2.15. The van der Waals surface area contributed by atoms with E-state index in [2.05, 4.69) is 0 Å². The van der Waals surface area contributed by atoms with E-state index < -0.39 is 30.0 Å². The fourth-order valence-corrected chi connectivity index (χ4v) is 1.35. The van der Waals surface area contributed by atoms with Gasteiger partial charge in [0.2, 0.25) is 0 Å². The molecule has 1 aromatic rings. The Kier molecular flexibility index (Phi) is 3.57. The Balaban J connectivity index is 3.27. The average molecular weight is 242 g/mol. The first kappa shape index (κ1) is 12.3. The summed E-state index contributed by atoms with van der Waals surface area (Å²) in [7, 11) is 0. The maximum Gasteiger partial charge on any atom is 0.416 e. The molecule has 0 amide bonds. The second kappa shape index (κ2) is 4.37.